The highest BCUT2D eigenvalue weighted by Crippen LogP contribution is 2.27. The lowest BCUT2D eigenvalue weighted by atomic mass is 10.1. The fraction of sp³-hybridized carbons (Fsp3) is 0.389. The van der Waals surface area contributed by atoms with Crippen LogP contribution in [0.25, 0.3) is 0 Å². The zero-order chi connectivity index (χ0) is 18.1. The standard InChI is InChI=1S/C18H24N4O3/c1-4-10-20-18(23)14-6-8-17(22-21-14)19-11-9-13-5-7-15(24-2)16(12-13)25-3/h5-8,12H,4,9-11H2,1-3H3,(H,19,22)(H,20,23). The Morgan fingerprint density at radius 1 is 1.04 bits per heavy atom. The molecular formula is C18H24N4O3. The van der Waals surface area contributed by atoms with E-state index in [1.165, 1.54) is 0 Å². The van der Waals surface area contributed by atoms with Crippen molar-refractivity contribution in [1.82, 2.24) is 15.5 Å². The van der Waals surface area contributed by atoms with Crippen molar-refractivity contribution >= 4 is 11.7 Å². The Morgan fingerprint density at radius 2 is 1.84 bits per heavy atom. The maximum Gasteiger partial charge on any atom is 0.271 e. The number of nitrogens with one attached hydrogen (secondary N) is 2. The Labute approximate surface area is 147 Å². The second-order valence-corrected chi connectivity index (χ2v) is 5.43. The number of hydrogen-bond acceptors (Lipinski definition) is 6. The lowest BCUT2D eigenvalue weighted by molar-refractivity contribution is 0.0947. The molecule has 2 rings (SSSR count). The molecule has 0 saturated heterocycles. The molecule has 1 amide bonds. The molecule has 1 heterocycles. The van der Waals surface area contributed by atoms with Crippen molar-refractivity contribution in [3.8, 4) is 11.5 Å². The van der Waals surface area contributed by atoms with Crippen LogP contribution in [0.4, 0.5) is 5.82 Å². The van der Waals surface area contributed by atoms with E-state index in [1.807, 2.05) is 25.1 Å². The molecule has 7 heteroatoms. The van der Waals surface area contributed by atoms with Crippen molar-refractivity contribution in [2.45, 2.75) is 19.8 Å². The highest BCUT2D eigenvalue weighted by molar-refractivity contribution is 5.92. The summed E-state index contributed by atoms with van der Waals surface area (Å²) in [6.07, 6.45) is 1.68. The fourth-order valence-electron chi connectivity index (χ4n) is 2.25. The molecule has 0 atom stereocenters. The molecule has 0 spiro atoms. The number of amides is 1. The number of methoxy groups -OCH3 is 2. The number of nitrogens with zero attached hydrogens (tertiary/aromatic N) is 2. The first-order valence-electron chi connectivity index (χ1n) is 8.24. The van der Waals surface area contributed by atoms with Gasteiger partial charge < -0.3 is 20.1 Å². The van der Waals surface area contributed by atoms with Gasteiger partial charge >= 0.3 is 0 Å². The zero-order valence-corrected chi connectivity index (χ0v) is 14.8. The minimum Gasteiger partial charge on any atom is -0.493 e. The Balaban J connectivity index is 1.86. The quantitative estimate of drug-likeness (QED) is 0.726. The van der Waals surface area contributed by atoms with E-state index in [1.54, 1.807) is 26.4 Å². The summed E-state index contributed by atoms with van der Waals surface area (Å²) in [5.41, 5.74) is 1.44. The van der Waals surface area contributed by atoms with Gasteiger partial charge in [-0.15, -0.1) is 10.2 Å². The molecule has 0 saturated carbocycles. The first-order chi connectivity index (χ1) is 12.2. The number of hydrogen-bond donors (Lipinski definition) is 2. The van der Waals surface area contributed by atoms with Crippen molar-refractivity contribution < 1.29 is 14.3 Å². The third-order valence-corrected chi connectivity index (χ3v) is 3.60. The van der Waals surface area contributed by atoms with E-state index in [4.69, 9.17) is 9.47 Å². The lowest BCUT2D eigenvalue weighted by Gasteiger charge is -2.10. The molecule has 0 bridgehead atoms. The SMILES string of the molecule is CCCNC(=O)c1ccc(NCCc2ccc(OC)c(OC)c2)nn1. The number of aromatic nitrogens is 2. The van der Waals surface area contributed by atoms with E-state index in [-0.39, 0.29) is 5.91 Å². The average Bonchev–Trinajstić information content (AvgIpc) is 2.66. The first-order valence-corrected chi connectivity index (χ1v) is 8.24. The summed E-state index contributed by atoms with van der Waals surface area (Å²) in [6, 6.07) is 9.25. The second-order valence-electron chi connectivity index (χ2n) is 5.43. The number of benzene rings is 1. The van der Waals surface area contributed by atoms with Crippen LogP contribution in [0.2, 0.25) is 0 Å². The van der Waals surface area contributed by atoms with Crippen LogP contribution in [0.1, 0.15) is 29.4 Å². The highest BCUT2D eigenvalue weighted by Gasteiger charge is 2.07. The number of ether oxygens (including phenoxy) is 2. The molecule has 1 aromatic carbocycles. The van der Waals surface area contributed by atoms with Crippen LogP contribution in [-0.4, -0.2) is 43.4 Å². The van der Waals surface area contributed by atoms with Crippen LogP contribution in [0, 0.1) is 0 Å². The van der Waals surface area contributed by atoms with Crippen LogP contribution in [0.3, 0.4) is 0 Å². The Bertz CT molecular complexity index is 689. The molecule has 0 unspecified atom stereocenters. The van der Waals surface area contributed by atoms with Crippen molar-refractivity contribution in [3.63, 3.8) is 0 Å². The molecule has 0 aliphatic carbocycles. The molecule has 2 N–H and O–H groups in total. The smallest absolute Gasteiger partial charge is 0.271 e. The van der Waals surface area contributed by atoms with Gasteiger partial charge in [0.2, 0.25) is 0 Å². The summed E-state index contributed by atoms with van der Waals surface area (Å²) < 4.78 is 10.5. The van der Waals surface area contributed by atoms with Gasteiger partial charge in [-0.3, -0.25) is 4.79 Å². The number of carbonyl (C=O) groups excluding carboxylic acids is 1. The van der Waals surface area contributed by atoms with Gasteiger partial charge in [0, 0.05) is 13.1 Å². The Morgan fingerprint density at radius 3 is 2.48 bits per heavy atom. The largest absolute Gasteiger partial charge is 0.493 e. The van der Waals surface area contributed by atoms with Gasteiger partial charge in [-0.05, 0) is 42.7 Å². The molecule has 134 valence electrons. The molecule has 1 aromatic heterocycles. The minimum absolute atomic E-state index is 0.203. The summed E-state index contributed by atoms with van der Waals surface area (Å²) in [5.74, 6) is 1.85. The van der Waals surface area contributed by atoms with E-state index in [0.717, 1.165) is 18.4 Å². The molecular weight excluding hydrogens is 320 g/mol. The van der Waals surface area contributed by atoms with Gasteiger partial charge in [-0.1, -0.05) is 13.0 Å². The van der Waals surface area contributed by atoms with Crippen LogP contribution >= 0.6 is 0 Å². The van der Waals surface area contributed by atoms with Crippen molar-refractivity contribution in [2.24, 2.45) is 0 Å². The van der Waals surface area contributed by atoms with Crippen LogP contribution in [0.15, 0.2) is 30.3 Å². The van der Waals surface area contributed by atoms with Crippen molar-refractivity contribution in [1.29, 1.82) is 0 Å². The van der Waals surface area contributed by atoms with E-state index in [2.05, 4.69) is 20.8 Å². The van der Waals surface area contributed by atoms with Gasteiger partial charge in [-0.25, -0.2) is 0 Å². The molecule has 0 radical (unpaired) electrons. The topological polar surface area (TPSA) is 85.4 Å². The molecule has 0 aliphatic heterocycles. The van der Waals surface area contributed by atoms with Crippen LogP contribution < -0.4 is 20.1 Å². The fourth-order valence-corrected chi connectivity index (χ4v) is 2.25. The summed E-state index contributed by atoms with van der Waals surface area (Å²) in [5, 5.41) is 13.9. The predicted octanol–water partition coefficient (Wildman–Crippen LogP) is 2.29. The van der Waals surface area contributed by atoms with Gasteiger partial charge in [0.1, 0.15) is 5.82 Å². The summed E-state index contributed by atoms with van der Waals surface area (Å²) in [4.78, 5) is 11.8. The van der Waals surface area contributed by atoms with Gasteiger partial charge in [-0.2, -0.15) is 0 Å². The third-order valence-electron chi connectivity index (χ3n) is 3.60. The Kier molecular flexibility index (Phi) is 7.00. The minimum atomic E-state index is -0.203. The maximum absolute atomic E-state index is 11.8. The van der Waals surface area contributed by atoms with E-state index < -0.39 is 0 Å². The molecule has 2 aromatic rings. The monoisotopic (exact) mass is 344 g/mol. The second kappa shape index (κ2) is 9.46. The average molecular weight is 344 g/mol. The van der Waals surface area contributed by atoms with Gasteiger partial charge in [0.05, 0.1) is 14.2 Å². The zero-order valence-electron chi connectivity index (χ0n) is 14.8. The normalized spacial score (nSPS) is 10.2. The molecule has 7 nitrogen and oxygen atoms in total. The molecule has 0 fully saturated rings. The summed E-state index contributed by atoms with van der Waals surface area (Å²) in [7, 11) is 3.23. The van der Waals surface area contributed by atoms with Gasteiger partial charge in [0.15, 0.2) is 17.2 Å². The summed E-state index contributed by atoms with van der Waals surface area (Å²) >= 11 is 0. The van der Waals surface area contributed by atoms with E-state index >= 15 is 0 Å². The van der Waals surface area contributed by atoms with E-state index in [0.29, 0.717) is 36.1 Å². The summed E-state index contributed by atoms with van der Waals surface area (Å²) in [6.45, 7) is 3.31. The van der Waals surface area contributed by atoms with Gasteiger partial charge in [0.25, 0.3) is 5.91 Å². The number of rotatable bonds is 9. The highest BCUT2D eigenvalue weighted by atomic mass is 16.5. The van der Waals surface area contributed by atoms with Crippen molar-refractivity contribution in [2.75, 3.05) is 32.6 Å². The predicted molar refractivity (Wildman–Crippen MR) is 96.4 cm³/mol. The molecule has 25 heavy (non-hydrogen) atoms. The third kappa shape index (κ3) is 5.34. The van der Waals surface area contributed by atoms with Crippen molar-refractivity contribution in [3.05, 3.63) is 41.6 Å². The number of carbonyl (C=O) groups is 1. The maximum atomic E-state index is 11.8. The van der Waals surface area contributed by atoms with Crippen LogP contribution in [0.5, 0.6) is 11.5 Å². The molecule has 0 aliphatic rings. The number of anilines is 1. The Hall–Kier alpha value is -2.83. The lowest BCUT2D eigenvalue weighted by Crippen LogP contribution is -2.25. The van der Waals surface area contributed by atoms with E-state index in [9.17, 15) is 4.79 Å². The first kappa shape index (κ1) is 18.5. The van der Waals surface area contributed by atoms with Crippen LogP contribution in [-0.2, 0) is 6.42 Å².